The van der Waals surface area contributed by atoms with E-state index in [0.29, 0.717) is 45.1 Å². The molecule has 0 aliphatic rings. The van der Waals surface area contributed by atoms with Gasteiger partial charge >= 0.3 is 6.09 Å². The van der Waals surface area contributed by atoms with Gasteiger partial charge < -0.3 is 28.7 Å². The fourth-order valence-corrected chi connectivity index (χ4v) is 10.6. The molecule has 0 aliphatic carbocycles. The first-order valence-corrected chi connectivity index (χ1v) is 23.1. The van der Waals surface area contributed by atoms with Gasteiger partial charge in [0.1, 0.15) is 33.4 Å². The molecule has 334 valence electrons. The number of aromatic nitrogens is 6. The van der Waals surface area contributed by atoms with Crippen molar-refractivity contribution in [2.24, 2.45) is 0 Å². The number of nitrogens with one attached hydrogen (secondary N) is 1. The Morgan fingerprint density at radius 1 is 0.734 bits per heavy atom. The summed E-state index contributed by atoms with van der Waals surface area (Å²) >= 11 is 0. The van der Waals surface area contributed by atoms with Crippen LogP contribution in [0, 0.1) is 0 Å². The number of amides is 1. The first-order valence-electron chi connectivity index (χ1n) is 20.0. The molecule has 4 aromatic carbocycles. The summed E-state index contributed by atoms with van der Waals surface area (Å²) in [5, 5.41) is 15.2. The summed E-state index contributed by atoms with van der Waals surface area (Å²) in [7, 11) is -4.85. The average molecular weight is 909 g/mol. The zero-order chi connectivity index (χ0) is 45.6. The normalized spacial score (nSPS) is 12.0. The van der Waals surface area contributed by atoms with Crippen LogP contribution < -0.4 is 19.5 Å². The number of carbonyl (C=O) groups is 1. The zero-order valence-electron chi connectivity index (χ0n) is 36.1. The van der Waals surface area contributed by atoms with E-state index in [-0.39, 0.29) is 31.0 Å². The van der Waals surface area contributed by atoms with E-state index >= 15 is 8.42 Å². The molecule has 7 aromatic rings. The van der Waals surface area contributed by atoms with Gasteiger partial charge in [0.25, 0.3) is 0 Å². The Bertz CT molecular complexity index is 2920. The van der Waals surface area contributed by atoms with Crippen LogP contribution in [0.4, 0.5) is 4.79 Å². The number of nitrogens with zero attached hydrogens (tertiary/aromatic N) is 7. The van der Waals surface area contributed by atoms with Crippen LogP contribution in [0.2, 0.25) is 0 Å². The number of ether oxygens (including phenoxy) is 4. The molecule has 0 spiro atoms. The summed E-state index contributed by atoms with van der Waals surface area (Å²) < 4.78 is 87.6. The highest BCUT2D eigenvalue weighted by Gasteiger charge is 2.38. The molecule has 3 heterocycles. The van der Waals surface area contributed by atoms with Crippen LogP contribution in [0.25, 0.3) is 28.2 Å². The van der Waals surface area contributed by atoms with E-state index in [1.54, 1.807) is 124 Å². The number of benzene rings is 4. The lowest BCUT2D eigenvalue weighted by Gasteiger charge is -2.27. The Kier molecular flexibility index (Phi) is 13.3. The first-order chi connectivity index (χ1) is 30.6. The SMILES string of the molecule is COc1ccc(CN(Cc2ccc(OC)cc2)S(=O)(=O)c2c(S(=O)(=O)CCNC(=O)OC(C)(C)C)ccc(-c3cccn4ccnc34)c2-c2nnnn2Cc2ccc(OC)cc2)cc1. The van der Waals surface area contributed by atoms with Gasteiger partial charge in [-0.2, -0.15) is 4.31 Å². The molecule has 17 nitrogen and oxygen atoms in total. The van der Waals surface area contributed by atoms with Gasteiger partial charge in [-0.1, -0.05) is 42.5 Å². The average Bonchev–Trinajstić information content (AvgIpc) is 3.96. The first kappa shape index (κ1) is 45.2. The summed E-state index contributed by atoms with van der Waals surface area (Å²) in [6.07, 6.45) is 4.30. The van der Waals surface area contributed by atoms with E-state index in [9.17, 15) is 13.2 Å². The number of tetrazole rings is 1. The van der Waals surface area contributed by atoms with Crippen molar-refractivity contribution in [1.29, 1.82) is 0 Å². The van der Waals surface area contributed by atoms with Crippen LogP contribution in [0.5, 0.6) is 17.2 Å². The van der Waals surface area contributed by atoms with Crippen LogP contribution in [0.1, 0.15) is 37.5 Å². The topological polar surface area (TPSA) is 198 Å². The molecule has 0 saturated carbocycles. The van der Waals surface area contributed by atoms with Crippen molar-refractivity contribution in [3.05, 3.63) is 132 Å². The highest BCUT2D eigenvalue weighted by atomic mass is 32.2. The number of carbonyl (C=O) groups excluding carboxylic acids is 1. The highest BCUT2D eigenvalue weighted by molar-refractivity contribution is 7.93. The quantitative estimate of drug-likeness (QED) is 0.105. The number of imidazole rings is 1. The third kappa shape index (κ3) is 10.2. The number of rotatable bonds is 17. The number of hydrogen-bond donors (Lipinski definition) is 1. The summed E-state index contributed by atoms with van der Waals surface area (Å²) in [5.41, 5.74) is 2.23. The molecule has 3 aromatic heterocycles. The third-order valence-corrected chi connectivity index (χ3v) is 13.8. The Labute approximate surface area is 371 Å². The molecular formula is C45H48N8O9S2. The number of fused-ring (bicyclic) bond motifs is 1. The zero-order valence-corrected chi connectivity index (χ0v) is 37.8. The summed E-state index contributed by atoms with van der Waals surface area (Å²) in [6, 6.07) is 27.3. The Morgan fingerprint density at radius 2 is 1.31 bits per heavy atom. The molecule has 0 aliphatic heterocycles. The molecule has 7 rings (SSSR count). The predicted octanol–water partition coefficient (Wildman–Crippen LogP) is 6.42. The second-order valence-electron chi connectivity index (χ2n) is 15.6. The van der Waals surface area contributed by atoms with Gasteiger partial charge in [-0.05, 0) is 108 Å². The Morgan fingerprint density at radius 3 is 1.88 bits per heavy atom. The van der Waals surface area contributed by atoms with E-state index < -0.39 is 53.6 Å². The Balaban J connectivity index is 1.49. The van der Waals surface area contributed by atoms with Crippen LogP contribution in [0.15, 0.2) is 125 Å². The van der Waals surface area contributed by atoms with E-state index in [1.807, 2.05) is 12.1 Å². The van der Waals surface area contributed by atoms with E-state index in [0.717, 1.165) is 5.56 Å². The number of methoxy groups -OCH3 is 3. The van der Waals surface area contributed by atoms with Gasteiger partial charge in [-0.3, -0.25) is 0 Å². The summed E-state index contributed by atoms with van der Waals surface area (Å²) in [4.78, 5) is 16.2. The second-order valence-corrected chi connectivity index (χ2v) is 19.6. The number of sulfonamides is 1. The van der Waals surface area contributed by atoms with E-state index in [4.69, 9.17) is 18.9 Å². The highest BCUT2D eigenvalue weighted by Crippen LogP contribution is 2.43. The van der Waals surface area contributed by atoms with E-state index in [1.165, 1.54) is 35.3 Å². The lowest BCUT2D eigenvalue weighted by atomic mass is 9.99. The van der Waals surface area contributed by atoms with Gasteiger partial charge in [0.15, 0.2) is 15.7 Å². The predicted molar refractivity (Wildman–Crippen MR) is 238 cm³/mol. The van der Waals surface area contributed by atoms with Crippen molar-refractivity contribution in [3.63, 3.8) is 0 Å². The van der Waals surface area contributed by atoms with Crippen LogP contribution in [0.3, 0.4) is 0 Å². The molecule has 0 radical (unpaired) electrons. The number of pyridine rings is 1. The van der Waals surface area contributed by atoms with E-state index in [2.05, 4.69) is 25.8 Å². The lowest BCUT2D eigenvalue weighted by Crippen LogP contribution is -2.35. The van der Waals surface area contributed by atoms with Crippen molar-refractivity contribution in [2.75, 3.05) is 33.6 Å². The van der Waals surface area contributed by atoms with Gasteiger partial charge in [0.2, 0.25) is 10.0 Å². The monoisotopic (exact) mass is 908 g/mol. The molecular weight excluding hydrogens is 861 g/mol. The molecule has 0 saturated heterocycles. The molecule has 0 atom stereocenters. The Hall–Kier alpha value is -6.83. The molecule has 0 unspecified atom stereocenters. The fraction of sp³-hybridized carbons (Fsp3) is 0.267. The maximum Gasteiger partial charge on any atom is 0.407 e. The summed E-state index contributed by atoms with van der Waals surface area (Å²) in [6.45, 7) is 4.34. The van der Waals surface area contributed by atoms with Crippen molar-refractivity contribution in [1.82, 2.24) is 39.2 Å². The largest absolute Gasteiger partial charge is 0.497 e. The van der Waals surface area contributed by atoms with Crippen LogP contribution in [-0.2, 0) is 44.2 Å². The van der Waals surface area contributed by atoms with Crippen LogP contribution >= 0.6 is 0 Å². The van der Waals surface area contributed by atoms with Crippen LogP contribution in [-0.4, -0.2) is 96.1 Å². The smallest absolute Gasteiger partial charge is 0.407 e. The minimum Gasteiger partial charge on any atom is -0.497 e. The number of sulfone groups is 1. The van der Waals surface area contributed by atoms with Crippen molar-refractivity contribution < 1.29 is 40.6 Å². The maximum atomic E-state index is 16.1. The molecule has 1 N–H and O–H groups in total. The molecule has 0 bridgehead atoms. The minimum atomic E-state index is -4.91. The maximum absolute atomic E-state index is 16.1. The second kappa shape index (κ2) is 18.9. The molecule has 0 fully saturated rings. The third-order valence-electron chi connectivity index (χ3n) is 10.1. The van der Waals surface area contributed by atoms with Crippen molar-refractivity contribution in [3.8, 4) is 39.8 Å². The van der Waals surface area contributed by atoms with Gasteiger partial charge in [-0.15, -0.1) is 5.10 Å². The standard InChI is InChI=1S/C45H48N8O9S2/c1-45(2,3)62-44(54)47-24-27-63(55,56)39-22-21-37(38-8-7-25-51-26-23-46-42(38)51)40(43-48-49-50-53(43)30-33-13-19-36(61-6)20-14-33)41(39)64(57,58)52(28-31-9-15-34(59-4)16-10-31)29-32-11-17-35(60-5)18-12-32/h7-23,25-26H,24,27-30H2,1-6H3,(H,47,54). The van der Waals surface area contributed by atoms with Gasteiger partial charge in [0, 0.05) is 43.8 Å². The molecule has 64 heavy (non-hydrogen) atoms. The number of alkyl carbamates (subject to hydrolysis) is 1. The molecule has 19 heteroatoms. The lowest BCUT2D eigenvalue weighted by molar-refractivity contribution is 0.0531. The fourth-order valence-electron chi connectivity index (χ4n) is 7.00. The molecule has 1 amide bonds. The van der Waals surface area contributed by atoms with Crippen molar-refractivity contribution >= 4 is 31.6 Å². The minimum absolute atomic E-state index is 0.0317. The summed E-state index contributed by atoms with van der Waals surface area (Å²) in [5.74, 6) is 1.03. The van der Waals surface area contributed by atoms with Gasteiger partial charge in [-0.25, -0.2) is 31.3 Å². The number of hydrogen-bond acceptors (Lipinski definition) is 13. The van der Waals surface area contributed by atoms with Crippen molar-refractivity contribution in [2.45, 2.75) is 55.8 Å². The van der Waals surface area contributed by atoms with Gasteiger partial charge in [0.05, 0.1) is 44.1 Å².